The summed E-state index contributed by atoms with van der Waals surface area (Å²) in [6.45, 7) is 7.29. The number of halogens is 3. The van der Waals surface area contributed by atoms with E-state index in [4.69, 9.17) is 6.57 Å². The van der Waals surface area contributed by atoms with Crippen LogP contribution in [-0.2, 0) is 0 Å². The normalized spacial score (nSPS) is 10.3. The first-order valence-electron chi connectivity index (χ1n) is 6.29. The Labute approximate surface area is 138 Å². The lowest BCUT2D eigenvalue weighted by Gasteiger charge is -2.12. The van der Waals surface area contributed by atoms with Crippen LogP contribution in [0, 0.1) is 29.8 Å². The Kier molecular flexibility index (Phi) is 3.73. The summed E-state index contributed by atoms with van der Waals surface area (Å²) in [6.07, 6.45) is 0. The van der Waals surface area contributed by atoms with Gasteiger partial charge in [-0.15, -0.1) is 0 Å². The van der Waals surface area contributed by atoms with E-state index in [0.717, 1.165) is 0 Å². The molecule has 4 nitrogen and oxygen atoms in total. The van der Waals surface area contributed by atoms with Gasteiger partial charge in [0.15, 0.2) is 0 Å². The Morgan fingerprint density at radius 1 is 1.09 bits per heavy atom. The number of hydrogen-bond donors (Lipinski definition) is 0. The highest BCUT2D eigenvalue weighted by atomic mass is 79.9. The number of rotatable bonds is 1. The number of fused-ring (bicyclic) bond motifs is 1. The largest absolute Gasteiger partial charge is 0.269 e. The Morgan fingerprint density at radius 2 is 1.70 bits per heavy atom. The first-order valence-corrected chi connectivity index (χ1v) is 7.09. The van der Waals surface area contributed by atoms with Crippen molar-refractivity contribution in [3.8, 4) is 17.2 Å². The average Bonchev–Trinajstić information content (AvgIpc) is 2.57. The fourth-order valence-electron chi connectivity index (χ4n) is 2.28. The molecule has 3 aromatic rings. The van der Waals surface area contributed by atoms with Crippen LogP contribution >= 0.6 is 15.9 Å². The van der Waals surface area contributed by atoms with Crippen LogP contribution in [-0.4, -0.2) is 9.97 Å². The molecule has 0 N–H and O–H groups in total. The van der Waals surface area contributed by atoms with E-state index < -0.39 is 11.9 Å². The maximum atomic E-state index is 13.6. The molecule has 0 fully saturated rings. The van der Waals surface area contributed by atoms with Crippen LogP contribution < -0.4 is 0 Å². The molecule has 0 aliphatic carbocycles. The molecule has 0 bridgehead atoms. The average molecular weight is 371 g/mol. The molecular formula is C16H5BrF2N4. The molecule has 7 heteroatoms. The third-order valence-electron chi connectivity index (χ3n) is 3.24. The number of benzene rings is 2. The Balaban J connectivity index is 2.61. The molecule has 3 rings (SSSR count). The molecule has 23 heavy (non-hydrogen) atoms. The van der Waals surface area contributed by atoms with Gasteiger partial charge in [-0.1, -0.05) is 46.3 Å². The van der Waals surface area contributed by atoms with Gasteiger partial charge in [0, 0.05) is 5.56 Å². The zero-order chi connectivity index (χ0) is 16.6. The lowest BCUT2D eigenvalue weighted by Crippen LogP contribution is -2.00. The van der Waals surface area contributed by atoms with Crippen LogP contribution in [0.5, 0.6) is 0 Å². The molecule has 0 aliphatic heterocycles. The molecule has 110 valence electrons. The van der Waals surface area contributed by atoms with Crippen molar-refractivity contribution in [1.82, 2.24) is 9.97 Å². The number of nitriles is 1. The summed E-state index contributed by atoms with van der Waals surface area (Å²) in [5.41, 5.74) is 0.846. The molecule has 0 saturated heterocycles. The van der Waals surface area contributed by atoms with E-state index in [-0.39, 0.29) is 32.3 Å². The van der Waals surface area contributed by atoms with E-state index >= 15 is 0 Å². The second-order valence-corrected chi connectivity index (χ2v) is 5.30. The SMILES string of the molecule is [C-]#[N+]c1c(C#N)c(-c2ccccc2)c2nc(F)c(F)nc2c1Br. The van der Waals surface area contributed by atoms with Gasteiger partial charge in [0.1, 0.15) is 0 Å². The number of aromatic nitrogens is 2. The second kappa shape index (κ2) is 5.71. The summed E-state index contributed by atoms with van der Waals surface area (Å²) in [5.74, 6) is -2.72. The molecular weight excluding hydrogens is 366 g/mol. The van der Waals surface area contributed by atoms with Crippen molar-refractivity contribution in [2.45, 2.75) is 0 Å². The van der Waals surface area contributed by atoms with Gasteiger partial charge in [0.05, 0.1) is 33.7 Å². The summed E-state index contributed by atoms with van der Waals surface area (Å²) in [7, 11) is 0. The molecule has 0 radical (unpaired) electrons. The van der Waals surface area contributed by atoms with Crippen molar-refractivity contribution >= 4 is 32.7 Å². The van der Waals surface area contributed by atoms with Gasteiger partial charge >= 0.3 is 0 Å². The zero-order valence-corrected chi connectivity index (χ0v) is 12.9. The smallest absolute Gasteiger partial charge is 0.235 e. The number of nitrogens with zero attached hydrogens (tertiary/aromatic N) is 4. The quantitative estimate of drug-likeness (QED) is 0.580. The van der Waals surface area contributed by atoms with Crippen LogP contribution in [0.2, 0.25) is 0 Å². The number of hydrogen-bond acceptors (Lipinski definition) is 3. The molecule has 2 aromatic carbocycles. The van der Waals surface area contributed by atoms with Gasteiger partial charge in [-0.3, -0.25) is 0 Å². The van der Waals surface area contributed by atoms with Crippen LogP contribution in [0.25, 0.3) is 27.0 Å². The van der Waals surface area contributed by atoms with E-state index in [1.54, 1.807) is 30.3 Å². The molecule has 0 aliphatic rings. The molecule has 0 saturated carbocycles. The monoisotopic (exact) mass is 370 g/mol. The summed E-state index contributed by atoms with van der Waals surface area (Å²) < 4.78 is 27.2. The van der Waals surface area contributed by atoms with Gasteiger partial charge in [-0.25, -0.2) is 14.8 Å². The first-order chi connectivity index (χ1) is 11.1. The van der Waals surface area contributed by atoms with Crippen molar-refractivity contribution in [3.63, 3.8) is 0 Å². The summed E-state index contributed by atoms with van der Waals surface area (Å²) >= 11 is 3.14. The predicted octanol–water partition coefficient (Wildman–Crippen LogP) is 4.76. The highest BCUT2D eigenvalue weighted by Gasteiger charge is 2.23. The minimum atomic E-state index is -1.36. The zero-order valence-electron chi connectivity index (χ0n) is 11.3. The van der Waals surface area contributed by atoms with E-state index in [2.05, 4.69) is 30.7 Å². The minimum absolute atomic E-state index is 0.00671. The van der Waals surface area contributed by atoms with E-state index in [1.807, 2.05) is 6.07 Å². The third kappa shape index (κ3) is 2.32. The fourth-order valence-corrected chi connectivity index (χ4v) is 2.84. The Bertz CT molecular complexity index is 1020. The van der Waals surface area contributed by atoms with E-state index in [0.29, 0.717) is 5.56 Å². The van der Waals surface area contributed by atoms with Crippen molar-refractivity contribution in [2.75, 3.05) is 0 Å². The Hall–Kier alpha value is -2.90. The van der Waals surface area contributed by atoms with Crippen molar-refractivity contribution in [3.05, 3.63) is 63.7 Å². The lowest BCUT2D eigenvalue weighted by molar-refractivity contribution is 0.459. The standard InChI is InChI=1S/C16H5BrF2N4/c1-21-12-9(7-20)10(8-5-3-2-4-6-8)13-14(11(12)17)23-16(19)15(18)22-13/h2-6H. The van der Waals surface area contributed by atoms with Gasteiger partial charge in [-0.05, 0) is 5.56 Å². The van der Waals surface area contributed by atoms with Gasteiger partial charge < -0.3 is 0 Å². The molecule has 0 unspecified atom stereocenters. The first kappa shape index (κ1) is 15.0. The fraction of sp³-hybridized carbons (Fsp3) is 0. The van der Waals surface area contributed by atoms with Gasteiger partial charge in [0.25, 0.3) is 11.9 Å². The molecule has 0 spiro atoms. The maximum absolute atomic E-state index is 13.6. The van der Waals surface area contributed by atoms with Crippen LogP contribution in [0.1, 0.15) is 5.56 Å². The highest BCUT2D eigenvalue weighted by molar-refractivity contribution is 9.10. The van der Waals surface area contributed by atoms with E-state index in [9.17, 15) is 14.0 Å². The Morgan fingerprint density at radius 3 is 2.26 bits per heavy atom. The van der Waals surface area contributed by atoms with Crippen LogP contribution in [0.3, 0.4) is 0 Å². The molecule has 0 atom stereocenters. The topological polar surface area (TPSA) is 53.9 Å². The van der Waals surface area contributed by atoms with E-state index in [1.165, 1.54) is 0 Å². The van der Waals surface area contributed by atoms with Crippen molar-refractivity contribution in [1.29, 1.82) is 5.26 Å². The molecule has 0 amide bonds. The maximum Gasteiger partial charge on any atom is 0.269 e. The minimum Gasteiger partial charge on any atom is -0.235 e. The molecule has 1 heterocycles. The summed E-state index contributed by atoms with van der Waals surface area (Å²) in [6, 6.07) is 10.6. The second-order valence-electron chi connectivity index (χ2n) is 4.50. The lowest BCUT2D eigenvalue weighted by atomic mass is 9.97. The summed E-state index contributed by atoms with van der Waals surface area (Å²) in [4.78, 5) is 10.5. The highest BCUT2D eigenvalue weighted by Crippen LogP contribution is 2.42. The van der Waals surface area contributed by atoms with Crippen molar-refractivity contribution in [2.24, 2.45) is 0 Å². The van der Waals surface area contributed by atoms with Gasteiger partial charge in [-0.2, -0.15) is 14.0 Å². The van der Waals surface area contributed by atoms with Crippen LogP contribution in [0.15, 0.2) is 34.8 Å². The third-order valence-corrected chi connectivity index (χ3v) is 3.99. The predicted molar refractivity (Wildman–Crippen MR) is 83.6 cm³/mol. The summed E-state index contributed by atoms with van der Waals surface area (Å²) in [5, 5.41) is 9.47. The molecule has 1 aromatic heterocycles. The van der Waals surface area contributed by atoms with Crippen LogP contribution in [0.4, 0.5) is 14.5 Å². The van der Waals surface area contributed by atoms with Gasteiger partial charge in [0.2, 0.25) is 5.69 Å². The van der Waals surface area contributed by atoms with Crippen molar-refractivity contribution < 1.29 is 8.78 Å².